The zero-order valence-corrected chi connectivity index (χ0v) is 19.2. The van der Waals surface area contributed by atoms with E-state index in [4.69, 9.17) is 0 Å². The Kier molecular flexibility index (Phi) is 5.11. The largest absolute Gasteiger partial charge is 0.353 e. The van der Waals surface area contributed by atoms with E-state index in [-0.39, 0.29) is 17.5 Å². The third kappa shape index (κ3) is 4.00. The van der Waals surface area contributed by atoms with Crippen LogP contribution < -0.4 is 10.6 Å². The molecule has 0 saturated heterocycles. The second kappa shape index (κ2) is 7.81. The quantitative estimate of drug-likeness (QED) is 0.579. The van der Waals surface area contributed by atoms with Gasteiger partial charge in [0.1, 0.15) is 11.2 Å². The number of benzene rings is 2. The van der Waals surface area contributed by atoms with Gasteiger partial charge in [-0.05, 0) is 34.1 Å². The molecule has 5 heteroatoms. The van der Waals surface area contributed by atoms with Gasteiger partial charge >= 0.3 is 0 Å². The van der Waals surface area contributed by atoms with Crippen molar-refractivity contribution in [2.24, 2.45) is 0 Å². The minimum atomic E-state index is -0.186. The van der Waals surface area contributed by atoms with Crippen LogP contribution in [0.2, 0.25) is 0 Å². The molecule has 0 aliphatic carbocycles. The minimum Gasteiger partial charge on any atom is -0.353 e. The summed E-state index contributed by atoms with van der Waals surface area (Å²) in [6.45, 7) is 9.48. The Morgan fingerprint density at radius 1 is 1.03 bits per heavy atom. The summed E-state index contributed by atoms with van der Waals surface area (Å²) < 4.78 is 0. The average molecular weight is 432 g/mol. The van der Waals surface area contributed by atoms with Crippen LogP contribution >= 0.6 is 11.3 Å². The maximum atomic E-state index is 13.0. The summed E-state index contributed by atoms with van der Waals surface area (Å²) >= 11 is 1.75. The summed E-state index contributed by atoms with van der Waals surface area (Å²) in [6.07, 6.45) is 0.739. The normalized spacial score (nSPS) is 18.7. The van der Waals surface area contributed by atoms with Crippen LogP contribution in [0.5, 0.6) is 0 Å². The Morgan fingerprint density at radius 2 is 1.77 bits per heavy atom. The Bertz CT molecular complexity index is 1100. The van der Waals surface area contributed by atoms with Crippen LogP contribution in [-0.4, -0.2) is 17.4 Å². The summed E-state index contributed by atoms with van der Waals surface area (Å²) in [5.41, 5.74) is 5.93. The number of rotatable bonds is 3. The maximum Gasteiger partial charge on any atom is 0.256 e. The molecule has 31 heavy (non-hydrogen) atoms. The molecule has 2 N–H and O–H groups in total. The van der Waals surface area contributed by atoms with Crippen molar-refractivity contribution in [3.05, 3.63) is 87.3 Å². The van der Waals surface area contributed by atoms with E-state index < -0.39 is 0 Å². The third-order valence-electron chi connectivity index (χ3n) is 6.27. The van der Waals surface area contributed by atoms with Gasteiger partial charge in [0.25, 0.3) is 5.91 Å². The molecular formula is C26H29N3OS. The topological polar surface area (TPSA) is 44.4 Å². The molecule has 5 rings (SSSR count). The molecule has 0 radical (unpaired) electrons. The molecule has 0 spiro atoms. The van der Waals surface area contributed by atoms with Crippen molar-refractivity contribution in [3.63, 3.8) is 0 Å². The Balaban J connectivity index is 1.35. The highest BCUT2D eigenvalue weighted by atomic mass is 32.1. The predicted molar refractivity (Wildman–Crippen MR) is 128 cm³/mol. The summed E-state index contributed by atoms with van der Waals surface area (Å²) in [5.74, 6) is 0.0488. The number of anilines is 1. The number of carbonyl (C=O) groups excluding carboxylic acids is 1. The zero-order valence-electron chi connectivity index (χ0n) is 18.4. The molecule has 1 amide bonds. The minimum absolute atomic E-state index is 0.0488. The molecule has 2 aliphatic heterocycles. The fourth-order valence-electron chi connectivity index (χ4n) is 4.49. The van der Waals surface area contributed by atoms with E-state index in [9.17, 15) is 4.79 Å². The monoisotopic (exact) mass is 431 g/mol. The number of fused-ring (bicyclic) bond motifs is 3. The van der Waals surface area contributed by atoms with Gasteiger partial charge in [0.2, 0.25) is 0 Å². The van der Waals surface area contributed by atoms with Crippen molar-refractivity contribution in [1.82, 2.24) is 10.2 Å². The van der Waals surface area contributed by atoms with Crippen LogP contribution in [0.15, 0.2) is 54.6 Å². The number of hydrogen-bond acceptors (Lipinski definition) is 4. The lowest BCUT2D eigenvalue weighted by atomic mass is 9.86. The van der Waals surface area contributed by atoms with Crippen molar-refractivity contribution < 1.29 is 4.79 Å². The number of nitrogens with one attached hydrogen (secondary N) is 2. The average Bonchev–Trinajstić information content (AvgIpc) is 3.12. The van der Waals surface area contributed by atoms with E-state index in [1.165, 1.54) is 21.6 Å². The van der Waals surface area contributed by atoms with E-state index >= 15 is 0 Å². The number of amides is 1. The predicted octanol–water partition coefficient (Wildman–Crippen LogP) is 5.46. The molecule has 160 valence electrons. The molecule has 0 saturated carbocycles. The maximum absolute atomic E-state index is 13.0. The second-order valence-electron chi connectivity index (χ2n) is 9.58. The standard InChI is InChI=1S/C26H29N3OS/c1-26(2,3)19-11-9-18(10-12-19)23-27-24(30)22-20-13-14-29(15-17-7-5-4-6-8-17)16-21(20)31-25(22)28-23/h4-12,23,28H,13-16H2,1-3H3,(H,27,30)/t23-/m1/s1. The van der Waals surface area contributed by atoms with Gasteiger partial charge in [0, 0.05) is 24.5 Å². The van der Waals surface area contributed by atoms with Gasteiger partial charge in [0.15, 0.2) is 0 Å². The molecule has 3 heterocycles. The summed E-state index contributed by atoms with van der Waals surface area (Å²) in [5, 5.41) is 7.78. The molecule has 2 aliphatic rings. The molecule has 4 nitrogen and oxygen atoms in total. The first-order valence-electron chi connectivity index (χ1n) is 11.0. The number of thiophene rings is 1. The van der Waals surface area contributed by atoms with Crippen LogP contribution in [0.3, 0.4) is 0 Å². The fraction of sp³-hybridized carbons (Fsp3) is 0.346. The molecule has 1 atom stereocenters. The lowest BCUT2D eigenvalue weighted by Gasteiger charge is -2.29. The molecule has 0 fully saturated rings. The van der Waals surface area contributed by atoms with E-state index in [0.29, 0.717) is 0 Å². The summed E-state index contributed by atoms with van der Waals surface area (Å²) in [4.78, 5) is 16.8. The van der Waals surface area contributed by atoms with Crippen LogP contribution in [0.25, 0.3) is 0 Å². The Labute approximate surface area is 188 Å². The van der Waals surface area contributed by atoms with Crippen molar-refractivity contribution in [3.8, 4) is 0 Å². The first kappa shape index (κ1) is 20.3. The van der Waals surface area contributed by atoms with Crippen molar-refractivity contribution in [1.29, 1.82) is 0 Å². The second-order valence-corrected chi connectivity index (χ2v) is 10.7. The molecule has 1 aromatic heterocycles. The van der Waals surface area contributed by atoms with Gasteiger partial charge in [-0.3, -0.25) is 9.69 Å². The van der Waals surface area contributed by atoms with Crippen LogP contribution in [0, 0.1) is 0 Å². The van der Waals surface area contributed by atoms with Crippen molar-refractivity contribution >= 4 is 22.2 Å². The molecular weight excluding hydrogens is 402 g/mol. The van der Waals surface area contributed by atoms with Crippen LogP contribution in [0.1, 0.15) is 64.4 Å². The van der Waals surface area contributed by atoms with Gasteiger partial charge in [-0.15, -0.1) is 11.3 Å². The first-order valence-corrected chi connectivity index (χ1v) is 11.8. The van der Waals surface area contributed by atoms with Gasteiger partial charge in [-0.2, -0.15) is 0 Å². The summed E-state index contributed by atoms with van der Waals surface area (Å²) in [6, 6.07) is 19.2. The lowest BCUT2D eigenvalue weighted by Crippen LogP contribution is -2.38. The third-order valence-corrected chi connectivity index (χ3v) is 7.42. The molecule has 3 aromatic rings. The highest BCUT2D eigenvalue weighted by molar-refractivity contribution is 7.16. The lowest BCUT2D eigenvalue weighted by molar-refractivity contribution is 0.0934. The molecule has 0 bridgehead atoms. The highest BCUT2D eigenvalue weighted by Gasteiger charge is 2.33. The van der Waals surface area contributed by atoms with E-state index in [1.54, 1.807) is 11.3 Å². The van der Waals surface area contributed by atoms with Gasteiger partial charge in [-0.25, -0.2) is 0 Å². The van der Waals surface area contributed by atoms with Crippen molar-refractivity contribution in [2.75, 3.05) is 11.9 Å². The first-order chi connectivity index (χ1) is 14.9. The Morgan fingerprint density at radius 3 is 2.48 bits per heavy atom. The number of hydrogen-bond donors (Lipinski definition) is 2. The number of carbonyl (C=O) groups is 1. The molecule has 0 unspecified atom stereocenters. The van der Waals surface area contributed by atoms with Crippen LogP contribution in [0.4, 0.5) is 5.00 Å². The van der Waals surface area contributed by atoms with Gasteiger partial charge in [0.05, 0.1) is 5.56 Å². The Hall–Kier alpha value is -2.63. The highest BCUT2D eigenvalue weighted by Crippen LogP contribution is 2.41. The SMILES string of the molecule is CC(C)(C)c1ccc([C@@H]2NC(=O)c3c(sc4c3CCN(Cc3ccccc3)C4)N2)cc1. The van der Waals surface area contributed by atoms with Gasteiger partial charge in [-0.1, -0.05) is 75.4 Å². The van der Waals surface area contributed by atoms with E-state index in [1.807, 2.05) is 0 Å². The zero-order chi connectivity index (χ0) is 21.6. The van der Waals surface area contributed by atoms with Crippen molar-refractivity contribution in [2.45, 2.75) is 51.9 Å². The van der Waals surface area contributed by atoms with E-state index in [0.717, 1.165) is 42.2 Å². The van der Waals surface area contributed by atoms with Gasteiger partial charge < -0.3 is 10.6 Å². The number of nitrogens with zero attached hydrogens (tertiary/aromatic N) is 1. The van der Waals surface area contributed by atoms with Crippen LogP contribution in [-0.2, 0) is 24.9 Å². The smallest absolute Gasteiger partial charge is 0.256 e. The fourth-order valence-corrected chi connectivity index (χ4v) is 5.80. The summed E-state index contributed by atoms with van der Waals surface area (Å²) in [7, 11) is 0. The molecule has 2 aromatic carbocycles. The van der Waals surface area contributed by atoms with E-state index in [2.05, 4.69) is 90.9 Å².